The fourth-order valence-corrected chi connectivity index (χ4v) is 1.61. The zero-order valence-electron chi connectivity index (χ0n) is 8.84. The summed E-state index contributed by atoms with van der Waals surface area (Å²) in [4.78, 5) is 7.76. The van der Waals surface area contributed by atoms with Crippen molar-refractivity contribution in [3.63, 3.8) is 0 Å². The van der Waals surface area contributed by atoms with Gasteiger partial charge in [0, 0.05) is 13.2 Å². The summed E-state index contributed by atoms with van der Waals surface area (Å²) in [6.45, 7) is 4.52. The first kappa shape index (κ1) is 12.5. The molecule has 0 aliphatic rings. The summed E-state index contributed by atoms with van der Waals surface area (Å²) in [5.74, 6) is 0.585. The summed E-state index contributed by atoms with van der Waals surface area (Å²) >= 11 is 11.4. The first-order chi connectivity index (χ1) is 6.93. The first-order valence-electron chi connectivity index (χ1n) is 4.40. The molecular weight excluding hydrogens is 237 g/mol. The molecule has 84 valence electrons. The molecule has 15 heavy (non-hydrogen) atoms. The number of nitrogens with zero attached hydrogens (tertiary/aromatic N) is 2. The number of ether oxygens (including phenoxy) is 1. The fourth-order valence-electron chi connectivity index (χ4n) is 1.20. The van der Waals surface area contributed by atoms with Gasteiger partial charge in [-0.3, -0.25) is 0 Å². The minimum Gasteiger partial charge on any atom is -0.382 e. The predicted octanol–water partition coefficient (Wildman–Crippen LogP) is 2.62. The van der Waals surface area contributed by atoms with Crippen molar-refractivity contribution < 1.29 is 4.74 Å². The van der Waals surface area contributed by atoms with E-state index in [0.29, 0.717) is 17.6 Å². The summed E-state index contributed by atoms with van der Waals surface area (Å²) in [5.41, 5.74) is -0.240. The van der Waals surface area contributed by atoms with Gasteiger partial charge in [-0.05, 0) is 25.4 Å². The Balaban J connectivity index is 2.80. The maximum Gasteiger partial charge on any atom is 0.225 e. The SMILES string of the molecule is COCC(C)(C)Nc1cc(Cl)nc(Cl)n1. The molecule has 6 heteroatoms. The number of halogens is 2. The van der Waals surface area contributed by atoms with Gasteiger partial charge < -0.3 is 10.1 Å². The van der Waals surface area contributed by atoms with Crippen molar-refractivity contribution in [1.82, 2.24) is 9.97 Å². The lowest BCUT2D eigenvalue weighted by Gasteiger charge is -2.25. The molecule has 4 nitrogen and oxygen atoms in total. The Hall–Kier alpha value is -0.580. The molecule has 0 aliphatic carbocycles. The molecule has 0 aliphatic heterocycles. The Morgan fingerprint density at radius 2 is 2.07 bits per heavy atom. The van der Waals surface area contributed by atoms with Crippen LogP contribution in [0.1, 0.15) is 13.8 Å². The third-order valence-corrected chi connectivity index (χ3v) is 2.00. The maximum atomic E-state index is 5.75. The predicted molar refractivity (Wildman–Crippen MR) is 61.6 cm³/mol. The Kier molecular flexibility index (Phi) is 4.13. The van der Waals surface area contributed by atoms with E-state index in [-0.39, 0.29) is 10.8 Å². The van der Waals surface area contributed by atoms with Crippen LogP contribution in [0.2, 0.25) is 10.4 Å². The lowest BCUT2D eigenvalue weighted by atomic mass is 10.1. The molecule has 0 radical (unpaired) electrons. The van der Waals surface area contributed by atoms with Gasteiger partial charge in [0.05, 0.1) is 12.1 Å². The van der Waals surface area contributed by atoms with Crippen LogP contribution in [-0.4, -0.2) is 29.2 Å². The van der Waals surface area contributed by atoms with Gasteiger partial charge in [-0.25, -0.2) is 9.97 Å². The van der Waals surface area contributed by atoms with E-state index in [2.05, 4.69) is 15.3 Å². The van der Waals surface area contributed by atoms with Crippen molar-refractivity contribution in [3.05, 3.63) is 16.5 Å². The van der Waals surface area contributed by atoms with Crippen molar-refractivity contribution in [2.75, 3.05) is 19.0 Å². The molecular formula is C9H13Cl2N3O. The molecule has 0 fully saturated rings. The number of anilines is 1. The van der Waals surface area contributed by atoms with Gasteiger partial charge >= 0.3 is 0 Å². The van der Waals surface area contributed by atoms with Crippen LogP contribution in [-0.2, 0) is 4.74 Å². The van der Waals surface area contributed by atoms with Gasteiger partial charge in [0.1, 0.15) is 11.0 Å². The van der Waals surface area contributed by atoms with Gasteiger partial charge in [-0.1, -0.05) is 11.6 Å². The summed E-state index contributed by atoms with van der Waals surface area (Å²) < 4.78 is 5.07. The van der Waals surface area contributed by atoms with Gasteiger partial charge in [-0.2, -0.15) is 0 Å². The Bertz CT molecular complexity index is 324. The van der Waals surface area contributed by atoms with Crippen LogP contribution in [0.25, 0.3) is 0 Å². The van der Waals surface area contributed by atoms with Crippen LogP contribution in [0, 0.1) is 0 Å². The number of methoxy groups -OCH3 is 1. The summed E-state index contributed by atoms with van der Waals surface area (Å²) in [6, 6.07) is 1.62. The average molecular weight is 250 g/mol. The molecule has 0 spiro atoms. The van der Waals surface area contributed by atoms with E-state index in [4.69, 9.17) is 27.9 Å². The number of rotatable bonds is 4. The van der Waals surface area contributed by atoms with Gasteiger partial charge in [0.25, 0.3) is 0 Å². The smallest absolute Gasteiger partial charge is 0.225 e. The van der Waals surface area contributed by atoms with Gasteiger partial charge in [0.15, 0.2) is 0 Å². The zero-order valence-corrected chi connectivity index (χ0v) is 10.4. The van der Waals surface area contributed by atoms with Crippen molar-refractivity contribution in [2.45, 2.75) is 19.4 Å². The van der Waals surface area contributed by atoms with Crippen LogP contribution < -0.4 is 5.32 Å². The Morgan fingerprint density at radius 1 is 1.40 bits per heavy atom. The van der Waals surface area contributed by atoms with Crippen molar-refractivity contribution in [1.29, 1.82) is 0 Å². The molecule has 0 bridgehead atoms. The first-order valence-corrected chi connectivity index (χ1v) is 5.16. The summed E-state index contributed by atoms with van der Waals surface area (Å²) in [6.07, 6.45) is 0. The molecule has 0 unspecified atom stereocenters. The molecule has 0 atom stereocenters. The monoisotopic (exact) mass is 249 g/mol. The molecule has 0 aromatic carbocycles. The van der Waals surface area contributed by atoms with Crippen molar-refractivity contribution >= 4 is 29.0 Å². The highest BCUT2D eigenvalue weighted by molar-refractivity contribution is 6.32. The van der Waals surface area contributed by atoms with Crippen LogP contribution >= 0.6 is 23.2 Å². The highest BCUT2D eigenvalue weighted by Crippen LogP contribution is 2.18. The lowest BCUT2D eigenvalue weighted by Crippen LogP contribution is -2.36. The van der Waals surface area contributed by atoms with E-state index in [0.717, 1.165) is 0 Å². The normalized spacial score (nSPS) is 11.5. The number of hydrogen-bond donors (Lipinski definition) is 1. The molecule has 1 rings (SSSR count). The topological polar surface area (TPSA) is 47.0 Å². The Morgan fingerprint density at radius 3 is 2.60 bits per heavy atom. The number of aromatic nitrogens is 2. The Labute approximate surface area is 99.0 Å². The molecule has 1 aromatic rings. The highest BCUT2D eigenvalue weighted by atomic mass is 35.5. The van der Waals surface area contributed by atoms with E-state index < -0.39 is 0 Å². The van der Waals surface area contributed by atoms with Crippen LogP contribution in [0.5, 0.6) is 0 Å². The minimum absolute atomic E-state index is 0.123. The third kappa shape index (κ3) is 4.20. The van der Waals surface area contributed by atoms with E-state index in [1.807, 2.05) is 13.8 Å². The second kappa shape index (κ2) is 4.96. The second-order valence-corrected chi connectivity index (χ2v) is 4.51. The van der Waals surface area contributed by atoms with E-state index in [9.17, 15) is 0 Å². The van der Waals surface area contributed by atoms with E-state index in [1.165, 1.54) is 0 Å². The summed E-state index contributed by atoms with van der Waals surface area (Å²) in [7, 11) is 1.64. The van der Waals surface area contributed by atoms with Crippen LogP contribution in [0.3, 0.4) is 0 Å². The molecule has 1 aromatic heterocycles. The zero-order chi connectivity index (χ0) is 11.5. The van der Waals surface area contributed by atoms with E-state index in [1.54, 1.807) is 13.2 Å². The van der Waals surface area contributed by atoms with E-state index >= 15 is 0 Å². The van der Waals surface area contributed by atoms with Crippen LogP contribution in [0.4, 0.5) is 5.82 Å². The van der Waals surface area contributed by atoms with Crippen molar-refractivity contribution in [2.24, 2.45) is 0 Å². The van der Waals surface area contributed by atoms with Crippen LogP contribution in [0.15, 0.2) is 6.07 Å². The van der Waals surface area contributed by atoms with Gasteiger partial charge in [0.2, 0.25) is 5.28 Å². The largest absolute Gasteiger partial charge is 0.382 e. The second-order valence-electron chi connectivity index (χ2n) is 3.79. The number of nitrogens with one attached hydrogen (secondary N) is 1. The van der Waals surface area contributed by atoms with Gasteiger partial charge in [-0.15, -0.1) is 0 Å². The minimum atomic E-state index is -0.240. The summed E-state index contributed by atoms with van der Waals surface area (Å²) in [5, 5.41) is 3.59. The quantitative estimate of drug-likeness (QED) is 0.659. The lowest BCUT2D eigenvalue weighted by molar-refractivity contribution is 0.158. The maximum absolute atomic E-state index is 5.75. The third-order valence-electron chi connectivity index (χ3n) is 1.64. The molecule has 1 heterocycles. The average Bonchev–Trinajstić information content (AvgIpc) is 1.99. The molecule has 1 N–H and O–H groups in total. The molecule has 0 saturated heterocycles. The standard InChI is InChI=1S/C9H13Cl2N3O/c1-9(2,5-15-3)14-7-4-6(10)12-8(11)13-7/h4H,5H2,1-3H3,(H,12,13,14). The molecule has 0 saturated carbocycles. The number of hydrogen-bond acceptors (Lipinski definition) is 4. The highest BCUT2D eigenvalue weighted by Gasteiger charge is 2.18. The molecule has 0 amide bonds. The van der Waals surface area contributed by atoms with Crippen molar-refractivity contribution in [3.8, 4) is 0 Å². The fraction of sp³-hybridized carbons (Fsp3) is 0.556.